The summed E-state index contributed by atoms with van der Waals surface area (Å²) in [4.78, 5) is 33.4. The quantitative estimate of drug-likeness (QED) is 0.498. The molecule has 8 heteroatoms. The van der Waals surface area contributed by atoms with E-state index in [1.165, 1.54) is 0 Å². The van der Waals surface area contributed by atoms with Gasteiger partial charge in [0.05, 0.1) is 13.2 Å². The fraction of sp³-hybridized carbons (Fsp3) is 0.632. The van der Waals surface area contributed by atoms with Gasteiger partial charge in [-0.15, -0.1) is 0 Å². The summed E-state index contributed by atoms with van der Waals surface area (Å²) in [5.74, 6) is -1.52. The first-order valence-corrected chi connectivity index (χ1v) is 9.36. The maximum absolute atomic E-state index is 12.1. The minimum absolute atomic E-state index is 0.289. The summed E-state index contributed by atoms with van der Waals surface area (Å²) in [7, 11) is 0. The van der Waals surface area contributed by atoms with E-state index in [1.807, 2.05) is 37.1 Å². The number of carboxylic acid groups (broad SMARTS) is 1. The number of amidine groups is 1. The molecule has 2 heterocycles. The summed E-state index contributed by atoms with van der Waals surface area (Å²) in [6.07, 6.45) is 2.94. The van der Waals surface area contributed by atoms with Gasteiger partial charge in [0.2, 0.25) is 0 Å². The van der Waals surface area contributed by atoms with Crippen LogP contribution in [0.3, 0.4) is 0 Å². The van der Waals surface area contributed by atoms with E-state index in [9.17, 15) is 14.7 Å². The first-order valence-electron chi connectivity index (χ1n) is 9.36. The van der Waals surface area contributed by atoms with Crippen LogP contribution in [0, 0.1) is 11.3 Å². The van der Waals surface area contributed by atoms with Crippen LogP contribution in [-0.2, 0) is 16.0 Å². The highest BCUT2D eigenvalue weighted by atomic mass is 16.5. The normalized spacial score (nSPS) is 16.9. The van der Waals surface area contributed by atoms with Gasteiger partial charge in [-0.1, -0.05) is 13.8 Å². The number of amides is 2. The fourth-order valence-electron chi connectivity index (χ4n) is 3.36. The number of carbonyl (C=O) groups is 2. The van der Waals surface area contributed by atoms with E-state index in [4.69, 9.17) is 4.74 Å². The number of H-pyrrole nitrogens is 1. The maximum Gasteiger partial charge on any atom is 0.342 e. The van der Waals surface area contributed by atoms with E-state index in [-0.39, 0.29) is 5.41 Å². The Labute approximate surface area is 160 Å². The number of nitrogens with zero attached hydrogens (tertiary/aromatic N) is 2. The average Bonchev–Trinajstić information content (AvgIpc) is 3.11. The molecule has 0 bridgehead atoms. The van der Waals surface area contributed by atoms with Crippen molar-refractivity contribution in [2.75, 3.05) is 32.8 Å². The van der Waals surface area contributed by atoms with E-state index in [0.29, 0.717) is 51.5 Å². The minimum Gasteiger partial charge on any atom is -0.481 e. The zero-order chi connectivity index (χ0) is 19.9. The largest absolute Gasteiger partial charge is 0.481 e. The van der Waals surface area contributed by atoms with Crippen molar-refractivity contribution in [2.45, 2.75) is 33.6 Å². The molecule has 1 fully saturated rings. The molecule has 1 aliphatic heterocycles. The van der Waals surface area contributed by atoms with Crippen molar-refractivity contribution < 1.29 is 19.4 Å². The summed E-state index contributed by atoms with van der Waals surface area (Å²) in [6.45, 7) is 8.35. The molecule has 0 aromatic carbocycles. The molecule has 2 amide bonds. The van der Waals surface area contributed by atoms with E-state index in [1.54, 1.807) is 6.92 Å². The first kappa shape index (κ1) is 21.0. The second-order valence-electron chi connectivity index (χ2n) is 7.54. The van der Waals surface area contributed by atoms with Crippen LogP contribution in [-0.4, -0.2) is 65.7 Å². The third-order valence-corrected chi connectivity index (χ3v) is 4.58. The number of ether oxygens (including phenoxy) is 1. The summed E-state index contributed by atoms with van der Waals surface area (Å²) in [6, 6.07) is 3.41. The Hall–Kier alpha value is -2.35. The van der Waals surface area contributed by atoms with E-state index in [0.717, 1.165) is 5.69 Å². The van der Waals surface area contributed by atoms with Gasteiger partial charge in [-0.2, -0.15) is 4.99 Å². The maximum atomic E-state index is 12.1. The highest BCUT2D eigenvalue weighted by Crippen LogP contribution is 2.31. The van der Waals surface area contributed by atoms with Crippen LogP contribution in [0.1, 0.15) is 32.9 Å². The number of carbonyl (C=O) groups excluding carboxylic acids is 1. The molecule has 0 radical (unpaired) electrons. The number of aliphatic carboxylic acids is 1. The summed E-state index contributed by atoms with van der Waals surface area (Å²) in [5.41, 5.74) is 0.764. The number of nitrogens with one attached hydrogen (secondary N) is 2. The Bertz CT molecular complexity index is 649. The molecule has 150 valence electrons. The van der Waals surface area contributed by atoms with Gasteiger partial charge in [-0.25, -0.2) is 4.79 Å². The van der Waals surface area contributed by atoms with Crippen LogP contribution in [0.4, 0.5) is 4.79 Å². The molecule has 2 rings (SSSR count). The number of urea groups is 1. The van der Waals surface area contributed by atoms with Crippen LogP contribution >= 0.6 is 0 Å². The lowest BCUT2D eigenvalue weighted by atomic mass is 9.78. The Kier molecular flexibility index (Phi) is 7.41. The van der Waals surface area contributed by atoms with E-state index < -0.39 is 17.9 Å². The van der Waals surface area contributed by atoms with Gasteiger partial charge in [-0.05, 0) is 37.3 Å². The van der Waals surface area contributed by atoms with Gasteiger partial charge in [0.1, 0.15) is 11.8 Å². The number of rotatable bonds is 7. The Morgan fingerprint density at radius 2 is 2.11 bits per heavy atom. The Morgan fingerprint density at radius 3 is 2.67 bits per heavy atom. The van der Waals surface area contributed by atoms with Gasteiger partial charge in [-0.3, -0.25) is 4.79 Å². The smallest absolute Gasteiger partial charge is 0.342 e. The molecule has 1 aliphatic rings. The standard InChI is InChI=1S/C19H30N4O4/c1-4-20-18(26)22-16(23-8-10-27-11-9-23)15(17(24)25)13-19(2,3)12-14-6-5-7-21-14/h5-7,15,21H,4,8-13H2,1-3H3,(H,20,26)(H,24,25). The summed E-state index contributed by atoms with van der Waals surface area (Å²) < 4.78 is 5.36. The minimum atomic E-state index is -0.968. The highest BCUT2D eigenvalue weighted by molar-refractivity contribution is 6.04. The molecule has 0 aliphatic carbocycles. The molecule has 0 saturated carbocycles. The van der Waals surface area contributed by atoms with Crippen molar-refractivity contribution >= 4 is 17.8 Å². The third-order valence-electron chi connectivity index (χ3n) is 4.58. The average molecular weight is 378 g/mol. The SMILES string of the molecule is CCNC(=O)N=C(C(CC(C)(C)Cc1ccc[nH]1)C(=O)O)N1CCOCC1. The molecular formula is C19H30N4O4. The van der Waals surface area contributed by atoms with Crippen molar-refractivity contribution in [2.24, 2.45) is 16.3 Å². The summed E-state index contributed by atoms with van der Waals surface area (Å²) >= 11 is 0. The predicted octanol–water partition coefficient (Wildman–Crippen LogP) is 2.13. The van der Waals surface area contributed by atoms with Crippen LogP contribution in [0.15, 0.2) is 23.3 Å². The van der Waals surface area contributed by atoms with Crippen molar-refractivity contribution in [3.05, 3.63) is 24.0 Å². The van der Waals surface area contributed by atoms with Crippen molar-refractivity contribution in [3.8, 4) is 0 Å². The lowest BCUT2D eigenvalue weighted by molar-refractivity contribution is -0.140. The number of hydrogen-bond donors (Lipinski definition) is 3. The van der Waals surface area contributed by atoms with E-state index >= 15 is 0 Å². The van der Waals surface area contributed by atoms with E-state index in [2.05, 4.69) is 15.3 Å². The van der Waals surface area contributed by atoms with Gasteiger partial charge < -0.3 is 25.0 Å². The molecule has 1 aromatic rings. The van der Waals surface area contributed by atoms with Crippen molar-refractivity contribution in [1.82, 2.24) is 15.2 Å². The van der Waals surface area contributed by atoms with Crippen LogP contribution in [0.2, 0.25) is 0 Å². The Morgan fingerprint density at radius 1 is 1.41 bits per heavy atom. The lowest BCUT2D eigenvalue weighted by Gasteiger charge is -2.35. The number of carboxylic acids is 1. The van der Waals surface area contributed by atoms with Gasteiger partial charge in [0.15, 0.2) is 0 Å². The highest BCUT2D eigenvalue weighted by Gasteiger charge is 2.35. The van der Waals surface area contributed by atoms with Crippen LogP contribution in [0.25, 0.3) is 0 Å². The molecule has 0 spiro atoms. The number of aromatic amines is 1. The second kappa shape index (κ2) is 9.55. The molecule has 8 nitrogen and oxygen atoms in total. The predicted molar refractivity (Wildman–Crippen MR) is 103 cm³/mol. The zero-order valence-corrected chi connectivity index (χ0v) is 16.3. The molecule has 3 N–H and O–H groups in total. The van der Waals surface area contributed by atoms with Crippen LogP contribution < -0.4 is 5.32 Å². The molecule has 27 heavy (non-hydrogen) atoms. The molecular weight excluding hydrogens is 348 g/mol. The molecule has 1 atom stereocenters. The topological polar surface area (TPSA) is 107 Å². The number of aromatic nitrogens is 1. The molecule has 1 aromatic heterocycles. The molecule has 1 unspecified atom stereocenters. The number of aliphatic imine (C=N–C) groups is 1. The summed E-state index contributed by atoms with van der Waals surface area (Å²) in [5, 5.41) is 12.6. The monoisotopic (exact) mass is 378 g/mol. The fourth-order valence-corrected chi connectivity index (χ4v) is 3.36. The number of hydrogen-bond acceptors (Lipinski definition) is 3. The number of morpholine rings is 1. The van der Waals surface area contributed by atoms with Crippen LogP contribution in [0.5, 0.6) is 0 Å². The third kappa shape index (κ3) is 6.39. The lowest BCUT2D eigenvalue weighted by Crippen LogP contribution is -2.47. The van der Waals surface area contributed by atoms with Gasteiger partial charge in [0, 0.05) is 31.5 Å². The first-order chi connectivity index (χ1) is 12.8. The zero-order valence-electron chi connectivity index (χ0n) is 16.3. The van der Waals surface area contributed by atoms with Gasteiger partial charge in [0.25, 0.3) is 0 Å². The van der Waals surface area contributed by atoms with Gasteiger partial charge >= 0.3 is 12.0 Å². The molecule has 1 saturated heterocycles. The van der Waals surface area contributed by atoms with Crippen molar-refractivity contribution in [1.29, 1.82) is 0 Å². The Balaban J connectivity index is 2.26. The second-order valence-corrected chi connectivity index (χ2v) is 7.54. The van der Waals surface area contributed by atoms with Crippen molar-refractivity contribution in [3.63, 3.8) is 0 Å².